The highest BCUT2D eigenvalue weighted by Crippen LogP contribution is 2.39. The Hall–Kier alpha value is -1.79. The number of hydrogen-bond donors (Lipinski definition) is 0. The molecule has 0 bridgehead atoms. The molecule has 0 N–H and O–H groups in total. The van der Waals surface area contributed by atoms with Crippen LogP contribution in [0.1, 0.15) is 44.2 Å². The molecule has 1 unspecified atom stereocenters. The van der Waals surface area contributed by atoms with E-state index in [9.17, 15) is 4.79 Å². The molecule has 1 aromatic rings. The number of nitrogens with zero attached hydrogens (tertiary/aromatic N) is 2. The molecule has 150 valence electrons. The fraction of sp³-hybridized carbons (Fsp3) is 0.667. The number of likely N-dealkylation sites (tertiary alicyclic amines) is 2. The van der Waals surface area contributed by atoms with Gasteiger partial charge >= 0.3 is 0 Å². The zero-order valence-electron chi connectivity index (χ0n) is 16.8. The van der Waals surface area contributed by atoms with Gasteiger partial charge < -0.3 is 19.1 Å². The Balaban J connectivity index is 1.65. The van der Waals surface area contributed by atoms with Crippen LogP contribution in [0, 0.1) is 0 Å². The molecule has 0 radical (unpaired) electrons. The van der Waals surface area contributed by atoms with Gasteiger partial charge in [0.25, 0.3) is 0 Å². The molecule has 1 atom stereocenters. The Bertz CT molecular complexity index is 629. The molecule has 2 heterocycles. The van der Waals surface area contributed by atoms with Crippen molar-refractivity contribution >= 4 is 5.91 Å². The summed E-state index contributed by atoms with van der Waals surface area (Å²) in [6, 6.07) is 5.88. The molecular weight excluding hydrogens is 344 g/mol. The first-order chi connectivity index (χ1) is 13.2. The van der Waals surface area contributed by atoms with Crippen molar-refractivity contribution in [2.75, 3.05) is 47.0 Å². The monoisotopic (exact) mass is 376 g/mol. The SMILES string of the molecule is CCOC1CCN(CC(=O)N2CCCC2c2cc(OC)ccc2OC)CC1. The normalized spacial score (nSPS) is 21.4. The minimum atomic E-state index is 0.0588. The van der Waals surface area contributed by atoms with Crippen LogP contribution in [-0.4, -0.2) is 68.8 Å². The van der Waals surface area contributed by atoms with Crippen LogP contribution < -0.4 is 9.47 Å². The number of carbonyl (C=O) groups is 1. The summed E-state index contributed by atoms with van der Waals surface area (Å²) in [4.78, 5) is 17.3. The van der Waals surface area contributed by atoms with Gasteiger partial charge in [-0.3, -0.25) is 9.69 Å². The summed E-state index contributed by atoms with van der Waals surface area (Å²) in [6.45, 7) is 5.95. The van der Waals surface area contributed by atoms with Gasteiger partial charge in [-0.25, -0.2) is 0 Å². The van der Waals surface area contributed by atoms with Crippen LogP contribution in [0.25, 0.3) is 0 Å². The van der Waals surface area contributed by atoms with Crippen molar-refractivity contribution in [2.45, 2.75) is 44.8 Å². The maximum atomic E-state index is 13.0. The average Bonchev–Trinajstić information content (AvgIpc) is 3.19. The summed E-state index contributed by atoms with van der Waals surface area (Å²) in [5.41, 5.74) is 1.04. The molecule has 2 aliphatic heterocycles. The van der Waals surface area contributed by atoms with Crippen molar-refractivity contribution in [3.63, 3.8) is 0 Å². The molecule has 3 rings (SSSR count). The summed E-state index contributed by atoms with van der Waals surface area (Å²) in [7, 11) is 3.34. The van der Waals surface area contributed by atoms with Gasteiger partial charge in [-0.15, -0.1) is 0 Å². The second-order valence-corrected chi connectivity index (χ2v) is 7.28. The summed E-state index contributed by atoms with van der Waals surface area (Å²) in [6.07, 6.45) is 4.34. The average molecular weight is 376 g/mol. The van der Waals surface area contributed by atoms with E-state index in [1.807, 2.05) is 30.0 Å². The number of hydrogen-bond acceptors (Lipinski definition) is 5. The van der Waals surface area contributed by atoms with Crippen LogP contribution in [0.3, 0.4) is 0 Å². The highest BCUT2D eigenvalue weighted by Gasteiger charge is 2.33. The Morgan fingerprint density at radius 2 is 1.89 bits per heavy atom. The molecule has 27 heavy (non-hydrogen) atoms. The smallest absolute Gasteiger partial charge is 0.237 e. The first-order valence-electron chi connectivity index (χ1n) is 10.0. The van der Waals surface area contributed by atoms with E-state index in [1.54, 1.807) is 14.2 Å². The molecule has 0 aliphatic carbocycles. The fourth-order valence-corrected chi connectivity index (χ4v) is 4.24. The minimum absolute atomic E-state index is 0.0588. The van der Waals surface area contributed by atoms with Gasteiger partial charge in [-0.1, -0.05) is 0 Å². The third-order valence-corrected chi connectivity index (χ3v) is 5.66. The van der Waals surface area contributed by atoms with E-state index in [1.165, 1.54) is 0 Å². The lowest BCUT2D eigenvalue weighted by Crippen LogP contribution is -2.44. The predicted molar refractivity (Wildman–Crippen MR) is 104 cm³/mol. The van der Waals surface area contributed by atoms with E-state index >= 15 is 0 Å². The van der Waals surface area contributed by atoms with Crippen LogP contribution in [0.15, 0.2) is 18.2 Å². The lowest BCUT2D eigenvalue weighted by Gasteiger charge is -2.33. The molecule has 0 aromatic heterocycles. The van der Waals surface area contributed by atoms with Crippen molar-refractivity contribution in [3.05, 3.63) is 23.8 Å². The maximum Gasteiger partial charge on any atom is 0.237 e. The first-order valence-corrected chi connectivity index (χ1v) is 10.0. The van der Waals surface area contributed by atoms with E-state index in [0.29, 0.717) is 12.6 Å². The lowest BCUT2D eigenvalue weighted by molar-refractivity contribution is -0.134. The molecule has 0 spiro atoms. The molecule has 2 saturated heterocycles. The Kier molecular flexibility index (Phi) is 6.96. The third kappa shape index (κ3) is 4.74. The first kappa shape index (κ1) is 20.0. The highest BCUT2D eigenvalue weighted by molar-refractivity contribution is 5.79. The number of ether oxygens (including phenoxy) is 3. The molecule has 2 fully saturated rings. The van der Waals surface area contributed by atoms with Gasteiger partial charge in [0.1, 0.15) is 11.5 Å². The van der Waals surface area contributed by atoms with E-state index in [4.69, 9.17) is 14.2 Å². The fourth-order valence-electron chi connectivity index (χ4n) is 4.24. The van der Waals surface area contributed by atoms with Crippen LogP contribution in [0.5, 0.6) is 11.5 Å². The predicted octanol–water partition coefficient (Wildman–Crippen LogP) is 2.87. The van der Waals surface area contributed by atoms with Gasteiger partial charge in [-0.05, 0) is 50.8 Å². The molecule has 1 amide bonds. The number of carbonyl (C=O) groups excluding carboxylic acids is 1. The van der Waals surface area contributed by atoms with Crippen LogP contribution in [-0.2, 0) is 9.53 Å². The second kappa shape index (κ2) is 9.42. The van der Waals surface area contributed by atoms with Crippen molar-refractivity contribution in [1.29, 1.82) is 0 Å². The number of rotatable bonds is 7. The molecule has 0 saturated carbocycles. The number of piperidine rings is 1. The summed E-state index contributed by atoms with van der Waals surface area (Å²) in [5, 5.41) is 0. The van der Waals surface area contributed by atoms with Crippen LogP contribution in [0.2, 0.25) is 0 Å². The van der Waals surface area contributed by atoms with Gasteiger partial charge in [0.15, 0.2) is 0 Å². The standard InChI is InChI=1S/C21H32N2O4/c1-4-27-16-9-12-22(13-10-16)15-21(24)23-11-5-6-19(23)18-14-17(25-2)7-8-20(18)26-3/h7-8,14,16,19H,4-6,9-13,15H2,1-3H3. The van der Waals surface area contributed by atoms with Gasteiger partial charge in [0.05, 0.1) is 32.9 Å². The Morgan fingerprint density at radius 3 is 2.56 bits per heavy atom. The van der Waals surface area contributed by atoms with Gasteiger partial charge in [0.2, 0.25) is 5.91 Å². The van der Waals surface area contributed by atoms with Crippen molar-refractivity contribution in [2.24, 2.45) is 0 Å². The maximum absolute atomic E-state index is 13.0. The second-order valence-electron chi connectivity index (χ2n) is 7.28. The minimum Gasteiger partial charge on any atom is -0.497 e. The highest BCUT2D eigenvalue weighted by atomic mass is 16.5. The number of amides is 1. The van der Waals surface area contributed by atoms with E-state index in [0.717, 1.165) is 69.0 Å². The van der Waals surface area contributed by atoms with E-state index in [2.05, 4.69) is 4.90 Å². The molecule has 2 aliphatic rings. The van der Waals surface area contributed by atoms with Crippen LogP contribution >= 0.6 is 0 Å². The Labute approximate surface area is 162 Å². The number of methoxy groups -OCH3 is 2. The van der Waals surface area contributed by atoms with Crippen LogP contribution in [0.4, 0.5) is 0 Å². The van der Waals surface area contributed by atoms with Crippen molar-refractivity contribution in [3.8, 4) is 11.5 Å². The van der Waals surface area contributed by atoms with E-state index < -0.39 is 0 Å². The Morgan fingerprint density at radius 1 is 1.11 bits per heavy atom. The van der Waals surface area contributed by atoms with Gasteiger partial charge in [0, 0.05) is 31.8 Å². The van der Waals surface area contributed by atoms with Crippen molar-refractivity contribution in [1.82, 2.24) is 9.80 Å². The molecule has 6 nitrogen and oxygen atoms in total. The zero-order valence-corrected chi connectivity index (χ0v) is 16.8. The zero-order chi connectivity index (χ0) is 19.2. The lowest BCUT2D eigenvalue weighted by atomic mass is 10.0. The van der Waals surface area contributed by atoms with E-state index in [-0.39, 0.29) is 11.9 Å². The summed E-state index contributed by atoms with van der Waals surface area (Å²) in [5.74, 6) is 1.82. The van der Waals surface area contributed by atoms with Crippen molar-refractivity contribution < 1.29 is 19.0 Å². The summed E-state index contributed by atoms with van der Waals surface area (Å²) < 4.78 is 16.6. The van der Waals surface area contributed by atoms with Gasteiger partial charge in [-0.2, -0.15) is 0 Å². The molecule has 6 heteroatoms. The number of benzene rings is 1. The summed E-state index contributed by atoms with van der Waals surface area (Å²) >= 11 is 0. The quantitative estimate of drug-likeness (QED) is 0.732. The molecule has 1 aromatic carbocycles. The third-order valence-electron chi connectivity index (χ3n) is 5.66. The largest absolute Gasteiger partial charge is 0.497 e. The molecular formula is C21H32N2O4. The topological polar surface area (TPSA) is 51.2 Å².